The highest BCUT2D eigenvalue weighted by Gasteiger charge is 2.42. The largest absolute Gasteiger partial charge is 0.416 e. The summed E-state index contributed by atoms with van der Waals surface area (Å²) in [5.41, 5.74) is 1.48. The summed E-state index contributed by atoms with van der Waals surface area (Å²) in [6.45, 7) is 4.01. The number of nitrogens with one attached hydrogen (secondary N) is 1. The van der Waals surface area contributed by atoms with Gasteiger partial charge >= 0.3 is 6.18 Å². The number of piperazine rings is 1. The number of hydrogen-bond donors (Lipinski definition) is 1. The lowest BCUT2D eigenvalue weighted by Crippen LogP contribution is -2.61. The Bertz CT molecular complexity index is 929. The van der Waals surface area contributed by atoms with E-state index in [1.165, 1.54) is 24.3 Å². The number of carbonyl (C=O) groups excluding carboxylic acids is 1. The average Bonchev–Trinajstić information content (AvgIpc) is 2.72. The van der Waals surface area contributed by atoms with Crippen LogP contribution in [0.1, 0.15) is 18.1 Å². The third-order valence-corrected chi connectivity index (χ3v) is 5.92. The van der Waals surface area contributed by atoms with Gasteiger partial charge in [-0.25, -0.2) is 4.39 Å². The van der Waals surface area contributed by atoms with Gasteiger partial charge in [-0.15, -0.1) is 0 Å². The highest BCUT2D eigenvalue weighted by molar-refractivity contribution is 5.82. The zero-order valence-electron chi connectivity index (χ0n) is 16.5. The standard InChI is InChI=1S/C22H23F4N3O/c1-2-27-21(30)18-12-14-11-15(22(24,25)26)3-8-19(14)29-10-9-28(13-20(18)29)17-6-4-16(23)5-7-17/h3-8,11,18,20H,2,9-10,12-13H2,1H3,(H,27,30)/t18-,20+/m0/s1. The first kappa shape index (κ1) is 20.5. The minimum atomic E-state index is -4.42. The van der Waals surface area contributed by atoms with Gasteiger partial charge in [-0.1, -0.05) is 0 Å². The average molecular weight is 421 g/mol. The van der Waals surface area contributed by atoms with Crippen LogP contribution in [-0.2, 0) is 17.4 Å². The summed E-state index contributed by atoms with van der Waals surface area (Å²) in [5.74, 6) is -0.939. The molecule has 2 aliphatic rings. The van der Waals surface area contributed by atoms with E-state index in [0.29, 0.717) is 31.7 Å². The first-order valence-electron chi connectivity index (χ1n) is 10.0. The van der Waals surface area contributed by atoms with Gasteiger partial charge in [0.15, 0.2) is 0 Å². The molecule has 2 aliphatic heterocycles. The molecule has 4 nitrogen and oxygen atoms in total. The molecule has 0 bridgehead atoms. The summed E-state index contributed by atoms with van der Waals surface area (Å²) in [4.78, 5) is 17.0. The van der Waals surface area contributed by atoms with Crippen molar-refractivity contribution in [1.29, 1.82) is 0 Å². The zero-order valence-corrected chi connectivity index (χ0v) is 16.5. The Hall–Kier alpha value is -2.77. The molecule has 160 valence electrons. The molecule has 1 N–H and O–H groups in total. The van der Waals surface area contributed by atoms with Crippen molar-refractivity contribution in [1.82, 2.24) is 5.32 Å². The molecule has 4 rings (SSSR count). The molecule has 0 unspecified atom stereocenters. The van der Waals surface area contributed by atoms with E-state index >= 15 is 0 Å². The van der Waals surface area contributed by atoms with E-state index in [0.717, 1.165) is 17.4 Å². The van der Waals surface area contributed by atoms with Crippen molar-refractivity contribution in [3.63, 3.8) is 0 Å². The van der Waals surface area contributed by atoms with E-state index in [-0.39, 0.29) is 24.2 Å². The van der Waals surface area contributed by atoms with Gasteiger partial charge in [-0.2, -0.15) is 13.2 Å². The van der Waals surface area contributed by atoms with Crippen LogP contribution in [0.25, 0.3) is 0 Å². The summed E-state index contributed by atoms with van der Waals surface area (Å²) in [6.07, 6.45) is -4.17. The molecule has 0 radical (unpaired) electrons. The predicted molar refractivity (Wildman–Crippen MR) is 107 cm³/mol. The number of fused-ring (bicyclic) bond motifs is 3. The second kappa shape index (κ2) is 7.81. The fourth-order valence-electron chi connectivity index (χ4n) is 4.49. The molecule has 2 aromatic rings. The van der Waals surface area contributed by atoms with Crippen LogP contribution in [0, 0.1) is 11.7 Å². The molecule has 2 heterocycles. The SMILES string of the molecule is CCNC(=O)[C@H]1Cc2cc(C(F)(F)F)ccc2N2CCN(c3ccc(F)cc3)C[C@H]12. The lowest BCUT2D eigenvalue weighted by Gasteiger charge is -2.49. The van der Waals surface area contributed by atoms with Crippen LogP contribution < -0.4 is 15.1 Å². The predicted octanol–water partition coefficient (Wildman–Crippen LogP) is 3.85. The molecule has 2 aromatic carbocycles. The highest BCUT2D eigenvalue weighted by atomic mass is 19.4. The second-order valence-electron chi connectivity index (χ2n) is 7.73. The summed E-state index contributed by atoms with van der Waals surface area (Å²) >= 11 is 0. The quantitative estimate of drug-likeness (QED) is 0.765. The maximum absolute atomic E-state index is 13.3. The number of alkyl halides is 3. The molecule has 0 saturated carbocycles. The molecule has 0 spiro atoms. The van der Waals surface area contributed by atoms with E-state index < -0.39 is 17.7 Å². The van der Waals surface area contributed by atoms with E-state index in [1.54, 1.807) is 12.1 Å². The molecule has 1 amide bonds. The molecule has 30 heavy (non-hydrogen) atoms. The number of anilines is 2. The van der Waals surface area contributed by atoms with Gasteiger partial charge in [0, 0.05) is 37.6 Å². The van der Waals surface area contributed by atoms with Crippen molar-refractivity contribution in [3.8, 4) is 0 Å². The Morgan fingerprint density at radius 2 is 1.87 bits per heavy atom. The first-order chi connectivity index (χ1) is 14.3. The van der Waals surface area contributed by atoms with E-state index in [1.807, 2.05) is 6.92 Å². The molecule has 1 fully saturated rings. The number of benzene rings is 2. The number of carbonyl (C=O) groups is 1. The number of hydrogen-bond acceptors (Lipinski definition) is 3. The van der Waals surface area contributed by atoms with Crippen LogP contribution in [0.4, 0.5) is 28.9 Å². The van der Waals surface area contributed by atoms with Crippen molar-refractivity contribution in [2.24, 2.45) is 5.92 Å². The smallest absolute Gasteiger partial charge is 0.368 e. The molecular weight excluding hydrogens is 398 g/mol. The minimum absolute atomic E-state index is 0.156. The van der Waals surface area contributed by atoms with Gasteiger partial charge in [0.25, 0.3) is 0 Å². The minimum Gasteiger partial charge on any atom is -0.368 e. The van der Waals surface area contributed by atoms with Crippen molar-refractivity contribution in [3.05, 3.63) is 59.4 Å². The van der Waals surface area contributed by atoms with Crippen molar-refractivity contribution >= 4 is 17.3 Å². The Balaban J connectivity index is 1.68. The van der Waals surface area contributed by atoms with Crippen molar-refractivity contribution in [2.75, 3.05) is 36.0 Å². The molecule has 0 aromatic heterocycles. The van der Waals surface area contributed by atoms with E-state index in [9.17, 15) is 22.4 Å². The lowest BCUT2D eigenvalue weighted by atomic mass is 9.82. The van der Waals surface area contributed by atoms with Crippen molar-refractivity contribution < 1.29 is 22.4 Å². The summed E-state index contributed by atoms with van der Waals surface area (Å²) in [6, 6.07) is 9.83. The molecule has 0 aliphatic carbocycles. The topological polar surface area (TPSA) is 35.6 Å². The normalized spacial score (nSPS) is 21.1. The van der Waals surface area contributed by atoms with E-state index in [2.05, 4.69) is 15.1 Å². The van der Waals surface area contributed by atoms with Crippen molar-refractivity contribution in [2.45, 2.75) is 25.6 Å². The third kappa shape index (κ3) is 3.82. The van der Waals surface area contributed by atoms with Crippen LogP contribution in [0.5, 0.6) is 0 Å². The second-order valence-corrected chi connectivity index (χ2v) is 7.73. The molecule has 1 saturated heterocycles. The van der Waals surface area contributed by atoms with Gasteiger partial charge in [-0.3, -0.25) is 4.79 Å². The van der Waals surface area contributed by atoms with Gasteiger partial charge in [0.1, 0.15) is 5.82 Å². The summed E-state index contributed by atoms with van der Waals surface area (Å²) in [7, 11) is 0. The summed E-state index contributed by atoms with van der Waals surface area (Å²) in [5, 5.41) is 2.83. The maximum Gasteiger partial charge on any atom is 0.416 e. The van der Waals surface area contributed by atoms with Crippen LogP contribution in [-0.4, -0.2) is 38.1 Å². The zero-order chi connectivity index (χ0) is 21.5. The Morgan fingerprint density at radius 3 is 2.53 bits per heavy atom. The van der Waals surface area contributed by atoms with E-state index in [4.69, 9.17) is 0 Å². The molecule has 8 heteroatoms. The third-order valence-electron chi connectivity index (χ3n) is 5.92. The first-order valence-corrected chi connectivity index (χ1v) is 10.0. The number of amides is 1. The lowest BCUT2D eigenvalue weighted by molar-refractivity contribution is -0.137. The fourth-order valence-corrected chi connectivity index (χ4v) is 4.49. The Morgan fingerprint density at radius 1 is 1.13 bits per heavy atom. The molecular formula is C22H23F4N3O. The maximum atomic E-state index is 13.3. The van der Waals surface area contributed by atoms with Crippen LogP contribution in [0.2, 0.25) is 0 Å². The fraction of sp³-hybridized carbons (Fsp3) is 0.409. The van der Waals surface area contributed by atoms with Crippen LogP contribution in [0.3, 0.4) is 0 Å². The number of nitrogens with zero attached hydrogens (tertiary/aromatic N) is 2. The highest BCUT2D eigenvalue weighted by Crippen LogP contribution is 2.40. The molecule has 2 atom stereocenters. The monoisotopic (exact) mass is 421 g/mol. The number of halogens is 4. The van der Waals surface area contributed by atoms with Crippen LogP contribution in [0.15, 0.2) is 42.5 Å². The van der Waals surface area contributed by atoms with Gasteiger partial charge < -0.3 is 15.1 Å². The van der Waals surface area contributed by atoms with Crippen LogP contribution >= 0.6 is 0 Å². The number of rotatable bonds is 3. The van der Waals surface area contributed by atoms with Gasteiger partial charge in [0.2, 0.25) is 5.91 Å². The Kier molecular flexibility index (Phi) is 5.34. The van der Waals surface area contributed by atoms with Gasteiger partial charge in [0.05, 0.1) is 17.5 Å². The van der Waals surface area contributed by atoms with Gasteiger partial charge in [-0.05, 0) is 61.4 Å². The summed E-state index contributed by atoms with van der Waals surface area (Å²) < 4.78 is 52.9. The Labute approximate surface area is 172 Å².